The summed E-state index contributed by atoms with van der Waals surface area (Å²) in [5, 5.41) is 11.5. The lowest BCUT2D eigenvalue weighted by Gasteiger charge is -2.25. The first kappa shape index (κ1) is 22.6. The number of aliphatic hydroxyl groups excluding tert-OH is 1. The van der Waals surface area contributed by atoms with E-state index in [0.717, 1.165) is 5.56 Å². The fourth-order valence-corrected chi connectivity index (χ4v) is 4.01. The van der Waals surface area contributed by atoms with E-state index in [1.165, 1.54) is 35.2 Å². The Kier molecular flexibility index (Phi) is 6.20. The molecule has 1 fully saturated rings. The van der Waals surface area contributed by atoms with E-state index >= 15 is 0 Å². The van der Waals surface area contributed by atoms with Gasteiger partial charge in [-0.1, -0.05) is 41.4 Å². The second-order valence-electron chi connectivity index (χ2n) is 7.63. The smallest absolute Gasteiger partial charge is 0.300 e. The van der Waals surface area contributed by atoms with Crippen LogP contribution in [0.4, 0.5) is 10.1 Å². The third kappa shape index (κ3) is 4.22. The van der Waals surface area contributed by atoms with Crippen LogP contribution in [0.5, 0.6) is 5.75 Å². The SMILES string of the molecule is CCOc1cc(/C(O)=C2/C(=O)C(=O)N(c3ccc(C)cc3)C2c2ccc(F)cc2)ccc1Cl. The molecule has 1 aliphatic heterocycles. The number of anilines is 1. The summed E-state index contributed by atoms with van der Waals surface area (Å²) >= 11 is 6.16. The Bertz CT molecular complexity index is 1250. The van der Waals surface area contributed by atoms with Crippen LogP contribution in [0.2, 0.25) is 5.02 Å². The first-order chi connectivity index (χ1) is 15.8. The molecule has 7 heteroatoms. The topological polar surface area (TPSA) is 66.8 Å². The number of aryl methyl sites for hydroxylation is 1. The summed E-state index contributed by atoms with van der Waals surface area (Å²) in [7, 11) is 0. The molecular weight excluding hydrogens is 445 g/mol. The van der Waals surface area contributed by atoms with Gasteiger partial charge in [-0.3, -0.25) is 14.5 Å². The minimum Gasteiger partial charge on any atom is -0.507 e. The maximum Gasteiger partial charge on any atom is 0.300 e. The highest BCUT2D eigenvalue weighted by atomic mass is 35.5. The van der Waals surface area contributed by atoms with E-state index in [9.17, 15) is 19.1 Å². The van der Waals surface area contributed by atoms with Crippen molar-refractivity contribution in [3.8, 4) is 5.75 Å². The summed E-state index contributed by atoms with van der Waals surface area (Å²) in [6.07, 6.45) is 0. The summed E-state index contributed by atoms with van der Waals surface area (Å²) < 4.78 is 19.1. The minimum atomic E-state index is -0.945. The summed E-state index contributed by atoms with van der Waals surface area (Å²) in [5.41, 5.74) is 2.13. The average molecular weight is 466 g/mol. The van der Waals surface area contributed by atoms with Gasteiger partial charge in [-0.05, 0) is 61.9 Å². The molecule has 1 saturated heterocycles. The molecule has 1 unspecified atom stereocenters. The molecule has 0 aliphatic carbocycles. The maximum absolute atomic E-state index is 13.6. The van der Waals surface area contributed by atoms with Gasteiger partial charge in [0, 0.05) is 11.3 Å². The van der Waals surface area contributed by atoms with Crippen LogP contribution < -0.4 is 9.64 Å². The van der Waals surface area contributed by atoms with Crippen LogP contribution in [-0.4, -0.2) is 23.4 Å². The first-order valence-corrected chi connectivity index (χ1v) is 10.8. The molecule has 1 N–H and O–H groups in total. The van der Waals surface area contributed by atoms with E-state index in [-0.39, 0.29) is 16.9 Å². The van der Waals surface area contributed by atoms with Crippen molar-refractivity contribution in [1.82, 2.24) is 0 Å². The second-order valence-corrected chi connectivity index (χ2v) is 8.04. The third-order valence-corrected chi connectivity index (χ3v) is 5.76. The number of carbonyl (C=O) groups is 2. The average Bonchev–Trinajstić information content (AvgIpc) is 3.06. The van der Waals surface area contributed by atoms with Crippen molar-refractivity contribution in [1.29, 1.82) is 0 Å². The minimum absolute atomic E-state index is 0.100. The number of hydrogen-bond donors (Lipinski definition) is 1. The molecule has 1 atom stereocenters. The van der Waals surface area contributed by atoms with Crippen LogP contribution in [0, 0.1) is 12.7 Å². The van der Waals surface area contributed by atoms with Crippen LogP contribution >= 0.6 is 11.6 Å². The first-order valence-electron chi connectivity index (χ1n) is 10.4. The molecule has 1 amide bonds. The van der Waals surface area contributed by atoms with Crippen molar-refractivity contribution in [2.75, 3.05) is 11.5 Å². The molecule has 0 aromatic heterocycles. The van der Waals surface area contributed by atoms with Gasteiger partial charge in [0.25, 0.3) is 11.7 Å². The van der Waals surface area contributed by atoms with Gasteiger partial charge in [0.1, 0.15) is 17.3 Å². The molecule has 0 radical (unpaired) electrons. The van der Waals surface area contributed by atoms with E-state index in [1.807, 2.05) is 19.1 Å². The lowest BCUT2D eigenvalue weighted by Crippen LogP contribution is -2.29. The fraction of sp³-hybridized carbons (Fsp3) is 0.154. The Morgan fingerprint density at radius 3 is 2.36 bits per heavy atom. The standard InChI is InChI=1S/C26H21ClFNO4/c1-3-33-21-14-17(8-13-20(21)27)24(30)22-23(16-6-9-18(28)10-7-16)29(26(32)25(22)31)19-11-4-15(2)5-12-19/h4-14,23,30H,3H2,1-2H3/b24-22-. The molecule has 0 saturated carbocycles. The van der Waals surface area contributed by atoms with Gasteiger partial charge in [-0.2, -0.15) is 0 Å². The van der Waals surface area contributed by atoms with Crippen molar-refractivity contribution in [3.05, 3.63) is 99.8 Å². The van der Waals surface area contributed by atoms with Crippen molar-refractivity contribution >= 4 is 34.7 Å². The van der Waals surface area contributed by atoms with E-state index in [0.29, 0.717) is 28.6 Å². The van der Waals surface area contributed by atoms with Crippen LogP contribution in [0.3, 0.4) is 0 Å². The monoisotopic (exact) mass is 465 g/mol. The Morgan fingerprint density at radius 2 is 1.73 bits per heavy atom. The molecule has 168 valence electrons. The van der Waals surface area contributed by atoms with E-state index < -0.39 is 23.5 Å². The number of aliphatic hydroxyl groups is 1. The largest absolute Gasteiger partial charge is 0.507 e. The summed E-state index contributed by atoms with van der Waals surface area (Å²) in [6.45, 7) is 4.06. The normalized spacial score (nSPS) is 17.5. The number of hydrogen-bond acceptors (Lipinski definition) is 4. The second kappa shape index (κ2) is 9.08. The Hall–Kier alpha value is -3.64. The lowest BCUT2D eigenvalue weighted by atomic mass is 9.95. The van der Waals surface area contributed by atoms with Crippen LogP contribution in [0.15, 0.2) is 72.3 Å². The zero-order valence-electron chi connectivity index (χ0n) is 18.0. The van der Waals surface area contributed by atoms with Crippen LogP contribution in [0.1, 0.15) is 29.7 Å². The van der Waals surface area contributed by atoms with Gasteiger partial charge in [0.2, 0.25) is 0 Å². The highest BCUT2D eigenvalue weighted by Crippen LogP contribution is 2.42. The maximum atomic E-state index is 13.6. The molecule has 4 rings (SSSR count). The van der Waals surface area contributed by atoms with Gasteiger partial charge >= 0.3 is 0 Å². The zero-order chi connectivity index (χ0) is 23.7. The van der Waals surface area contributed by atoms with Gasteiger partial charge in [-0.15, -0.1) is 0 Å². The molecule has 3 aromatic rings. The Labute approximate surface area is 195 Å². The molecule has 0 spiro atoms. The number of nitrogens with zero attached hydrogens (tertiary/aromatic N) is 1. The molecule has 0 bridgehead atoms. The molecule has 33 heavy (non-hydrogen) atoms. The quantitative estimate of drug-likeness (QED) is 0.293. The molecule has 1 heterocycles. The van der Waals surface area contributed by atoms with Crippen molar-refractivity contribution in [3.63, 3.8) is 0 Å². The number of Topliss-reactive ketones (excluding diaryl/α,β-unsaturated/α-hetero) is 1. The fourth-order valence-electron chi connectivity index (χ4n) is 3.84. The van der Waals surface area contributed by atoms with Crippen molar-refractivity contribution in [2.45, 2.75) is 19.9 Å². The highest BCUT2D eigenvalue weighted by molar-refractivity contribution is 6.51. The molecular formula is C26H21ClFNO4. The van der Waals surface area contributed by atoms with E-state index in [2.05, 4.69) is 0 Å². The summed E-state index contributed by atoms with van der Waals surface area (Å²) in [4.78, 5) is 27.6. The zero-order valence-corrected chi connectivity index (χ0v) is 18.8. The van der Waals surface area contributed by atoms with E-state index in [4.69, 9.17) is 16.3 Å². The lowest BCUT2D eigenvalue weighted by molar-refractivity contribution is -0.132. The number of amides is 1. The predicted molar refractivity (Wildman–Crippen MR) is 125 cm³/mol. The number of carbonyl (C=O) groups excluding carboxylic acids is 2. The highest BCUT2D eigenvalue weighted by Gasteiger charge is 2.47. The van der Waals surface area contributed by atoms with E-state index in [1.54, 1.807) is 31.2 Å². The Balaban J connectivity index is 1.92. The van der Waals surface area contributed by atoms with Crippen LogP contribution in [-0.2, 0) is 9.59 Å². The third-order valence-electron chi connectivity index (χ3n) is 5.45. The van der Waals surface area contributed by atoms with Gasteiger partial charge < -0.3 is 9.84 Å². The summed E-state index contributed by atoms with van der Waals surface area (Å²) in [5.74, 6) is -2.10. The number of benzene rings is 3. The van der Waals surface area contributed by atoms with Gasteiger partial charge in [-0.25, -0.2) is 4.39 Å². The van der Waals surface area contributed by atoms with Crippen molar-refractivity contribution < 1.29 is 23.8 Å². The number of ether oxygens (including phenoxy) is 1. The van der Waals surface area contributed by atoms with Gasteiger partial charge in [0.15, 0.2) is 0 Å². The van der Waals surface area contributed by atoms with Crippen LogP contribution in [0.25, 0.3) is 5.76 Å². The Morgan fingerprint density at radius 1 is 1.06 bits per heavy atom. The molecule has 1 aliphatic rings. The number of halogens is 2. The van der Waals surface area contributed by atoms with Gasteiger partial charge in [0.05, 0.1) is 23.2 Å². The molecule has 3 aromatic carbocycles. The summed E-state index contributed by atoms with van der Waals surface area (Å²) in [6, 6.07) is 16.3. The molecule has 5 nitrogen and oxygen atoms in total. The number of rotatable bonds is 5. The predicted octanol–water partition coefficient (Wildman–Crippen LogP) is 5.81. The van der Waals surface area contributed by atoms with Crippen molar-refractivity contribution in [2.24, 2.45) is 0 Å². The number of ketones is 1.